The van der Waals surface area contributed by atoms with E-state index in [-0.39, 0.29) is 0 Å². The van der Waals surface area contributed by atoms with Crippen LogP contribution in [0.5, 0.6) is 0 Å². The molecule has 0 amide bonds. The van der Waals surface area contributed by atoms with Crippen LogP contribution in [0.1, 0.15) is 24.7 Å². The largest absolute Gasteiger partial charge is 0.383 e. The van der Waals surface area contributed by atoms with Crippen molar-refractivity contribution in [1.29, 1.82) is 0 Å². The van der Waals surface area contributed by atoms with Crippen molar-refractivity contribution in [2.75, 3.05) is 20.3 Å². The first kappa shape index (κ1) is 14.7. The van der Waals surface area contributed by atoms with E-state index in [1.807, 2.05) is 29.2 Å². The van der Waals surface area contributed by atoms with Gasteiger partial charge >= 0.3 is 0 Å². The molecule has 108 valence electrons. The Balaban J connectivity index is 1.98. The Bertz CT molecular complexity index is 507. The molecule has 2 heterocycles. The Morgan fingerprint density at radius 1 is 1.30 bits per heavy atom. The van der Waals surface area contributed by atoms with Gasteiger partial charge in [-0.1, -0.05) is 13.0 Å². The Labute approximate surface area is 120 Å². The lowest BCUT2D eigenvalue weighted by molar-refractivity contribution is 0.199. The summed E-state index contributed by atoms with van der Waals surface area (Å²) in [5, 5.41) is 3.30. The molecule has 0 aliphatic heterocycles. The normalized spacial score (nSPS) is 10.9. The molecule has 20 heavy (non-hydrogen) atoms. The van der Waals surface area contributed by atoms with Gasteiger partial charge in [0.15, 0.2) is 0 Å². The van der Waals surface area contributed by atoms with E-state index in [0.717, 1.165) is 44.2 Å². The first-order valence-corrected chi connectivity index (χ1v) is 7.02. The number of nitrogens with one attached hydrogen (secondary N) is 1. The number of pyridine rings is 1. The number of hydrogen-bond donors (Lipinski definition) is 1. The van der Waals surface area contributed by atoms with Crippen LogP contribution in [0.15, 0.2) is 30.7 Å². The van der Waals surface area contributed by atoms with Crippen molar-refractivity contribution in [2.45, 2.75) is 26.3 Å². The predicted octanol–water partition coefficient (Wildman–Crippen LogP) is 1.96. The lowest BCUT2D eigenvalue weighted by Gasteiger charge is -2.08. The number of nitrogens with zero attached hydrogens (tertiary/aromatic N) is 3. The van der Waals surface area contributed by atoms with Crippen LogP contribution in [0.4, 0.5) is 0 Å². The molecule has 2 rings (SSSR count). The molecule has 0 saturated carbocycles. The second kappa shape index (κ2) is 7.77. The summed E-state index contributed by atoms with van der Waals surface area (Å²) in [6.07, 6.45) is 7.75. The third-order valence-electron chi connectivity index (χ3n) is 3.06. The Hall–Kier alpha value is -1.72. The van der Waals surface area contributed by atoms with Gasteiger partial charge in [0, 0.05) is 45.2 Å². The van der Waals surface area contributed by atoms with Crippen LogP contribution in [-0.4, -0.2) is 34.8 Å². The summed E-state index contributed by atoms with van der Waals surface area (Å²) in [6, 6.07) is 4.13. The van der Waals surface area contributed by atoms with Gasteiger partial charge in [-0.3, -0.25) is 4.57 Å². The van der Waals surface area contributed by atoms with Crippen LogP contribution >= 0.6 is 0 Å². The maximum absolute atomic E-state index is 5.00. The number of imidazole rings is 1. The molecule has 0 aliphatic carbocycles. The zero-order chi connectivity index (χ0) is 14.2. The Morgan fingerprint density at radius 3 is 2.90 bits per heavy atom. The summed E-state index contributed by atoms with van der Waals surface area (Å²) in [7, 11) is 1.71. The molecule has 0 fully saturated rings. The number of methoxy groups -OCH3 is 1. The van der Waals surface area contributed by atoms with Crippen LogP contribution < -0.4 is 5.32 Å². The summed E-state index contributed by atoms with van der Waals surface area (Å²) >= 11 is 0. The highest BCUT2D eigenvalue weighted by Gasteiger charge is 2.05. The summed E-state index contributed by atoms with van der Waals surface area (Å²) in [4.78, 5) is 8.89. The fourth-order valence-corrected chi connectivity index (χ4v) is 2.02. The minimum Gasteiger partial charge on any atom is -0.383 e. The van der Waals surface area contributed by atoms with Gasteiger partial charge in [-0.2, -0.15) is 0 Å². The van der Waals surface area contributed by atoms with Crippen LogP contribution in [0, 0.1) is 0 Å². The first-order valence-electron chi connectivity index (χ1n) is 7.02. The molecule has 5 nitrogen and oxygen atoms in total. The summed E-state index contributed by atoms with van der Waals surface area (Å²) < 4.78 is 7.04. The Morgan fingerprint density at radius 2 is 2.20 bits per heavy atom. The van der Waals surface area contributed by atoms with Gasteiger partial charge in [-0.15, -0.1) is 0 Å². The van der Waals surface area contributed by atoms with Crippen LogP contribution in [0.25, 0.3) is 5.82 Å². The molecule has 5 heteroatoms. The standard InChI is InChI=1S/C15H22N4O/c1-3-4-14-17-7-9-19(14)15-6-5-13(12-18-15)11-16-8-10-20-2/h5-7,9,12,16H,3-4,8,10-11H2,1-2H3. The fourth-order valence-electron chi connectivity index (χ4n) is 2.02. The van der Waals surface area contributed by atoms with Gasteiger partial charge < -0.3 is 10.1 Å². The molecule has 0 aromatic carbocycles. The van der Waals surface area contributed by atoms with Crippen LogP contribution in [0.2, 0.25) is 0 Å². The highest BCUT2D eigenvalue weighted by Crippen LogP contribution is 2.10. The first-order chi connectivity index (χ1) is 9.85. The van der Waals surface area contributed by atoms with Crippen LogP contribution in [0.3, 0.4) is 0 Å². The van der Waals surface area contributed by atoms with Crippen molar-refractivity contribution in [3.63, 3.8) is 0 Å². The van der Waals surface area contributed by atoms with Gasteiger partial charge in [-0.25, -0.2) is 9.97 Å². The zero-order valence-corrected chi connectivity index (χ0v) is 12.2. The molecule has 2 aromatic rings. The topological polar surface area (TPSA) is 52.0 Å². The highest BCUT2D eigenvalue weighted by molar-refractivity contribution is 5.27. The maximum atomic E-state index is 5.00. The predicted molar refractivity (Wildman–Crippen MR) is 78.9 cm³/mol. The number of hydrogen-bond acceptors (Lipinski definition) is 4. The second-order valence-corrected chi connectivity index (χ2v) is 4.66. The number of aryl methyl sites for hydroxylation is 1. The molecule has 0 atom stereocenters. The van der Waals surface area contributed by atoms with Gasteiger partial charge in [0.25, 0.3) is 0 Å². The van der Waals surface area contributed by atoms with E-state index in [0.29, 0.717) is 0 Å². The van der Waals surface area contributed by atoms with Gasteiger partial charge in [0.1, 0.15) is 11.6 Å². The average molecular weight is 274 g/mol. The smallest absolute Gasteiger partial charge is 0.137 e. The van der Waals surface area contributed by atoms with Crippen molar-refractivity contribution >= 4 is 0 Å². The third-order valence-corrected chi connectivity index (χ3v) is 3.06. The monoisotopic (exact) mass is 274 g/mol. The summed E-state index contributed by atoms with van der Waals surface area (Å²) in [5.74, 6) is 1.98. The number of ether oxygens (including phenoxy) is 1. The molecule has 0 spiro atoms. The molecule has 0 bridgehead atoms. The quantitative estimate of drug-likeness (QED) is 0.748. The molecule has 2 aromatic heterocycles. The van der Waals surface area contributed by atoms with E-state index in [1.54, 1.807) is 7.11 Å². The van der Waals surface area contributed by atoms with E-state index in [4.69, 9.17) is 4.74 Å². The lowest BCUT2D eigenvalue weighted by atomic mass is 10.2. The molecular formula is C15H22N4O. The molecule has 0 saturated heterocycles. The third kappa shape index (κ3) is 3.88. The molecule has 0 radical (unpaired) electrons. The highest BCUT2D eigenvalue weighted by atomic mass is 16.5. The molecule has 1 N–H and O–H groups in total. The van der Waals surface area contributed by atoms with Gasteiger partial charge in [0.05, 0.1) is 6.61 Å². The van der Waals surface area contributed by atoms with Crippen molar-refractivity contribution in [3.8, 4) is 5.82 Å². The zero-order valence-electron chi connectivity index (χ0n) is 12.2. The number of aromatic nitrogens is 3. The SMILES string of the molecule is CCCc1nccn1-c1ccc(CNCCOC)cn1. The summed E-state index contributed by atoms with van der Waals surface area (Å²) in [6.45, 7) is 4.53. The Kier molecular flexibility index (Phi) is 5.70. The van der Waals surface area contributed by atoms with E-state index in [2.05, 4.69) is 28.3 Å². The lowest BCUT2D eigenvalue weighted by Crippen LogP contribution is -2.18. The van der Waals surface area contributed by atoms with E-state index < -0.39 is 0 Å². The minimum atomic E-state index is 0.723. The van der Waals surface area contributed by atoms with Gasteiger partial charge in [-0.05, 0) is 18.1 Å². The maximum Gasteiger partial charge on any atom is 0.137 e. The average Bonchev–Trinajstić information content (AvgIpc) is 2.93. The summed E-state index contributed by atoms with van der Waals surface area (Å²) in [5.41, 5.74) is 1.17. The van der Waals surface area contributed by atoms with E-state index in [1.165, 1.54) is 5.56 Å². The van der Waals surface area contributed by atoms with Crippen molar-refractivity contribution < 1.29 is 4.74 Å². The fraction of sp³-hybridized carbons (Fsp3) is 0.467. The van der Waals surface area contributed by atoms with Crippen molar-refractivity contribution in [2.24, 2.45) is 0 Å². The van der Waals surface area contributed by atoms with E-state index in [9.17, 15) is 0 Å². The van der Waals surface area contributed by atoms with Crippen LogP contribution in [-0.2, 0) is 17.7 Å². The molecular weight excluding hydrogens is 252 g/mol. The van der Waals surface area contributed by atoms with Gasteiger partial charge in [0.2, 0.25) is 0 Å². The van der Waals surface area contributed by atoms with E-state index >= 15 is 0 Å². The molecule has 0 unspecified atom stereocenters. The molecule has 0 aliphatic rings. The number of rotatable bonds is 8. The van der Waals surface area contributed by atoms with Crippen molar-refractivity contribution in [3.05, 3.63) is 42.1 Å². The minimum absolute atomic E-state index is 0.723. The second-order valence-electron chi connectivity index (χ2n) is 4.66. The van der Waals surface area contributed by atoms with Crippen molar-refractivity contribution in [1.82, 2.24) is 19.9 Å².